The van der Waals surface area contributed by atoms with E-state index < -0.39 is 0 Å². The number of ketones is 1. The zero-order valence-corrected chi connectivity index (χ0v) is 14.6. The number of aryl methyl sites for hydroxylation is 1. The highest BCUT2D eigenvalue weighted by Gasteiger charge is 2.16. The number of hydrogen-bond donors (Lipinski definition) is 1. The molecule has 2 aromatic carbocycles. The molecule has 0 unspecified atom stereocenters. The van der Waals surface area contributed by atoms with Crippen molar-refractivity contribution in [2.24, 2.45) is 0 Å². The van der Waals surface area contributed by atoms with Gasteiger partial charge in [-0.05, 0) is 62.4 Å². The molecule has 0 bridgehead atoms. The Balaban J connectivity index is 1.81. The van der Waals surface area contributed by atoms with Crippen molar-refractivity contribution in [2.45, 2.75) is 13.8 Å². The third-order valence-electron chi connectivity index (χ3n) is 4.26. The molecule has 0 radical (unpaired) electrons. The van der Waals surface area contributed by atoms with Gasteiger partial charge in [-0.1, -0.05) is 6.07 Å². The van der Waals surface area contributed by atoms with Gasteiger partial charge in [0.1, 0.15) is 5.82 Å². The van der Waals surface area contributed by atoms with E-state index in [-0.39, 0.29) is 18.1 Å². The number of anilines is 1. The maximum absolute atomic E-state index is 13.2. The maximum Gasteiger partial charge on any atom is 0.183 e. The van der Waals surface area contributed by atoms with Gasteiger partial charge < -0.3 is 9.88 Å². The van der Waals surface area contributed by atoms with Crippen LogP contribution < -0.4 is 5.32 Å². The van der Waals surface area contributed by atoms with Crippen molar-refractivity contribution in [2.75, 3.05) is 11.9 Å². The van der Waals surface area contributed by atoms with Crippen LogP contribution in [0.4, 0.5) is 10.1 Å². The summed E-state index contributed by atoms with van der Waals surface area (Å²) in [6.07, 6.45) is 0. The van der Waals surface area contributed by atoms with E-state index >= 15 is 0 Å². The van der Waals surface area contributed by atoms with Crippen molar-refractivity contribution in [3.05, 3.63) is 82.9 Å². The van der Waals surface area contributed by atoms with E-state index in [2.05, 4.69) is 11.4 Å². The fourth-order valence-electron chi connectivity index (χ4n) is 3.01. The monoisotopic (exact) mass is 347 g/mol. The second kappa shape index (κ2) is 7.24. The number of hydrogen-bond acceptors (Lipinski definition) is 3. The van der Waals surface area contributed by atoms with Crippen molar-refractivity contribution in [1.82, 2.24) is 4.57 Å². The lowest BCUT2D eigenvalue weighted by Crippen LogP contribution is -2.15. The standard InChI is InChI=1S/C21H18FN3O/c1-14-10-20(15(2)25(14)19-8-6-17(22)7-9-19)21(26)13-24-18-5-3-4-16(11-18)12-23/h3-11,24H,13H2,1-2H3. The van der Waals surface area contributed by atoms with Crippen LogP contribution in [0, 0.1) is 31.0 Å². The Kier molecular flexibility index (Phi) is 4.85. The van der Waals surface area contributed by atoms with Crippen LogP contribution in [0.5, 0.6) is 0 Å². The predicted octanol–water partition coefficient (Wildman–Crippen LogP) is 4.40. The molecule has 5 heteroatoms. The van der Waals surface area contributed by atoms with Crippen molar-refractivity contribution >= 4 is 11.5 Å². The number of benzene rings is 2. The first-order chi connectivity index (χ1) is 12.5. The summed E-state index contributed by atoms with van der Waals surface area (Å²) in [5.74, 6) is -0.342. The number of nitriles is 1. The zero-order valence-electron chi connectivity index (χ0n) is 14.6. The van der Waals surface area contributed by atoms with Crippen molar-refractivity contribution in [3.63, 3.8) is 0 Å². The third kappa shape index (κ3) is 3.50. The average molecular weight is 347 g/mol. The van der Waals surface area contributed by atoms with E-state index in [1.165, 1.54) is 12.1 Å². The average Bonchev–Trinajstić information content (AvgIpc) is 2.95. The summed E-state index contributed by atoms with van der Waals surface area (Å²) in [6, 6.07) is 17.1. The van der Waals surface area contributed by atoms with Gasteiger partial charge in [0.15, 0.2) is 5.78 Å². The minimum absolute atomic E-state index is 0.0474. The lowest BCUT2D eigenvalue weighted by molar-refractivity contribution is 0.101. The van der Waals surface area contributed by atoms with Gasteiger partial charge in [0.05, 0.1) is 18.2 Å². The Morgan fingerprint density at radius 2 is 1.88 bits per heavy atom. The van der Waals surface area contributed by atoms with Crippen LogP contribution in [0.2, 0.25) is 0 Å². The molecule has 0 fully saturated rings. The molecule has 3 rings (SSSR count). The Hall–Kier alpha value is -3.39. The summed E-state index contributed by atoms with van der Waals surface area (Å²) in [7, 11) is 0. The van der Waals surface area contributed by atoms with Gasteiger partial charge in [0.25, 0.3) is 0 Å². The fraction of sp³-hybridized carbons (Fsp3) is 0.143. The Bertz CT molecular complexity index is 997. The highest BCUT2D eigenvalue weighted by molar-refractivity contribution is 6.00. The molecular weight excluding hydrogens is 329 g/mol. The van der Waals surface area contributed by atoms with Gasteiger partial charge >= 0.3 is 0 Å². The largest absolute Gasteiger partial charge is 0.378 e. The molecule has 0 amide bonds. The Morgan fingerprint density at radius 1 is 1.15 bits per heavy atom. The number of carbonyl (C=O) groups excluding carboxylic acids is 1. The summed E-state index contributed by atoms with van der Waals surface area (Å²) in [4.78, 5) is 12.6. The molecular formula is C21H18FN3O. The summed E-state index contributed by atoms with van der Waals surface area (Å²) in [5.41, 5.74) is 4.42. The van der Waals surface area contributed by atoms with Crippen LogP contribution >= 0.6 is 0 Å². The van der Waals surface area contributed by atoms with Crippen LogP contribution in [0.1, 0.15) is 27.3 Å². The van der Waals surface area contributed by atoms with Crippen molar-refractivity contribution in [3.8, 4) is 11.8 Å². The molecule has 1 heterocycles. The van der Waals surface area contributed by atoms with E-state index in [4.69, 9.17) is 5.26 Å². The Morgan fingerprint density at radius 3 is 2.58 bits per heavy atom. The van der Waals surface area contributed by atoms with Gasteiger partial charge in [-0.3, -0.25) is 4.79 Å². The predicted molar refractivity (Wildman–Crippen MR) is 99.2 cm³/mol. The molecule has 0 aliphatic rings. The van der Waals surface area contributed by atoms with E-state index in [1.54, 1.807) is 30.3 Å². The van der Waals surface area contributed by atoms with E-state index in [9.17, 15) is 9.18 Å². The number of Topliss-reactive ketones (excluding diaryl/α,β-unsaturated/α-hetero) is 1. The van der Waals surface area contributed by atoms with Crippen LogP contribution in [0.25, 0.3) is 5.69 Å². The second-order valence-corrected chi connectivity index (χ2v) is 6.07. The highest BCUT2D eigenvalue weighted by atomic mass is 19.1. The van der Waals surface area contributed by atoms with Crippen LogP contribution in [0.15, 0.2) is 54.6 Å². The minimum atomic E-state index is -0.295. The molecule has 0 spiro atoms. The first-order valence-corrected chi connectivity index (χ1v) is 8.21. The summed E-state index contributed by atoms with van der Waals surface area (Å²) in [6.45, 7) is 3.92. The van der Waals surface area contributed by atoms with Crippen molar-refractivity contribution in [1.29, 1.82) is 5.26 Å². The van der Waals surface area contributed by atoms with Gasteiger partial charge in [0, 0.05) is 28.3 Å². The van der Waals surface area contributed by atoms with Gasteiger partial charge in [-0.2, -0.15) is 5.26 Å². The number of aromatic nitrogens is 1. The first-order valence-electron chi connectivity index (χ1n) is 8.21. The number of nitrogens with one attached hydrogen (secondary N) is 1. The molecule has 3 aromatic rings. The number of nitrogens with zero attached hydrogens (tertiary/aromatic N) is 2. The van der Waals surface area contributed by atoms with Gasteiger partial charge in [-0.15, -0.1) is 0 Å². The quantitative estimate of drug-likeness (QED) is 0.696. The lowest BCUT2D eigenvalue weighted by atomic mass is 10.1. The van der Waals surface area contributed by atoms with Crippen LogP contribution in [-0.4, -0.2) is 16.9 Å². The lowest BCUT2D eigenvalue weighted by Gasteiger charge is -2.10. The van der Waals surface area contributed by atoms with E-state index in [0.29, 0.717) is 11.1 Å². The highest BCUT2D eigenvalue weighted by Crippen LogP contribution is 2.22. The number of rotatable bonds is 5. The third-order valence-corrected chi connectivity index (χ3v) is 4.26. The molecule has 0 saturated heterocycles. The molecule has 1 N–H and O–H groups in total. The molecule has 4 nitrogen and oxygen atoms in total. The normalized spacial score (nSPS) is 10.4. The molecule has 0 aliphatic heterocycles. The summed E-state index contributed by atoms with van der Waals surface area (Å²) < 4.78 is 15.1. The fourth-order valence-corrected chi connectivity index (χ4v) is 3.01. The molecule has 0 aliphatic carbocycles. The Labute approximate surface area is 151 Å². The SMILES string of the molecule is Cc1cc(C(=O)CNc2cccc(C#N)c2)c(C)n1-c1ccc(F)cc1. The molecule has 0 atom stereocenters. The molecule has 26 heavy (non-hydrogen) atoms. The zero-order chi connectivity index (χ0) is 18.7. The van der Waals surface area contributed by atoms with E-state index in [0.717, 1.165) is 22.8 Å². The molecule has 0 saturated carbocycles. The van der Waals surface area contributed by atoms with Crippen LogP contribution in [-0.2, 0) is 0 Å². The molecule has 1 aromatic heterocycles. The topological polar surface area (TPSA) is 57.8 Å². The summed E-state index contributed by atoms with van der Waals surface area (Å²) in [5, 5.41) is 12.0. The van der Waals surface area contributed by atoms with Gasteiger partial charge in [-0.25, -0.2) is 4.39 Å². The smallest absolute Gasteiger partial charge is 0.183 e. The molecule has 130 valence electrons. The maximum atomic E-state index is 13.2. The second-order valence-electron chi connectivity index (χ2n) is 6.07. The van der Waals surface area contributed by atoms with E-state index in [1.807, 2.05) is 30.5 Å². The van der Waals surface area contributed by atoms with Crippen LogP contribution in [0.3, 0.4) is 0 Å². The number of carbonyl (C=O) groups is 1. The van der Waals surface area contributed by atoms with Crippen molar-refractivity contribution < 1.29 is 9.18 Å². The number of halogens is 1. The minimum Gasteiger partial charge on any atom is -0.378 e. The summed E-state index contributed by atoms with van der Waals surface area (Å²) >= 11 is 0. The van der Waals surface area contributed by atoms with Gasteiger partial charge in [0.2, 0.25) is 0 Å². The first kappa shape index (κ1) is 17.4.